The van der Waals surface area contributed by atoms with Crippen molar-refractivity contribution in [3.05, 3.63) is 53.3 Å². The number of amides is 1. The first kappa shape index (κ1) is 16.0. The summed E-state index contributed by atoms with van der Waals surface area (Å²) in [5.74, 6) is -0.198. The van der Waals surface area contributed by atoms with Crippen LogP contribution in [-0.4, -0.2) is 16.4 Å². The Morgan fingerprint density at radius 2 is 1.82 bits per heavy atom. The second-order valence-corrected chi connectivity index (χ2v) is 6.51. The minimum atomic E-state index is -0.198. The monoisotopic (exact) mass is 297 g/mol. The minimum Gasteiger partial charge on any atom is -0.379 e. The Morgan fingerprint density at radius 3 is 2.41 bits per heavy atom. The lowest BCUT2D eigenvalue weighted by atomic mass is 10.1. The average molecular weight is 297 g/mol. The van der Waals surface area contributed by atoms with Crippen LogP contribution in [0.15, 0.2) is 36.5 Å². The summed E-state index contributed by atoms with van der Waals surface area (Å²) < 4.78 is 0. The molecule has 0 radical (unpaired) electrons. The van der Waals surface area contributed by atoms with Crippen LogP contribution in [0.1, 0.15) is 42.4 Å². The quantitative estimate of drug-likeness (QED) is 0.894. The molecule has 2 N–H and O–H groups in total. The van der Waals surface area contributed by atoms with Gasteiger partial charge >= 0.3 is 0 Å². The summed E-state index contributed by atoms with van der Waals surface area (Å²) >= 11 is 0. The average Bonchev–Trinajstić information content (AvgIpc) is 2.43. The number of nitrogens with one attached hydrogen (secondary N) is 2. The number of anilines is 2. The summed E-state index contributed by atoms with van der Waals surface area (Å²) in [5, 5.41) is 6.23. The van der Waals surface area contributed by atoms with Gasteiger partial charge in [0.2, 0.25) is 0 Å². The minimum absolute atomic E-state index is 0.0376. The molecule has 0 aliphatic heterocycles. The van der Waals surface area contributed by atoms with E-state index < -0.39 is 0 Å². The van der Waals surface area contributed by atoms with Crippen molar-refractivity contribution in [3.8, 4) is 0 Å². The summed E-state index contributed by atoms with van der Waals surface area (Å²) in [5.41, 5.74) is 4.31. The van der Waals surface area contributed by atoms with Crippen molar-refractivity contribution in [2.75, 3.05) is 10.6 Å². The molecule has 0 unspecified atom stereocenters. The Labute approximate surface area is 132 Å². The van der Waals surface area contributed by atoms with E-state index in [9.17, 15) is 4.79 Å². The van der Waals surface area contributed by atoms with E-state index in [1.165, 1.54) is 0 Å². The van der Waals surface area contributed by atoms with Gasteiger partial charge in [0.1, 0.15) is 5.69 Å². The Balaban J connectivity index is 2.12. The first-order chi connectivity index (χ1) is 10.3. The van der Waals surface area contributed by atoms with Crippen LogP contribution in [-0.2, 0) is 0 Å². The molecular weight excluding hydrogens is 274 g/mol. The number of aryl methyl sites for hydroxylation is 1. The van der Waals surface area contributed by atoms with E-state index in [4.69, 9.17) is 0 Å². The summed E-state index contributed by atoms with van der Waals surface area (Å²) in [6.45, 7) is 10.3. The molecule has 0 saturated carbocycles. The Morgan fingerprint density at radius 1 is 1.09 bits per heavy atom. The third kappa shape index (κ3) is 4.07. The van der Waals surface area contributed by atoms with E-state index in [1.807, 2.05) is 38.1 Å². The van der Waals surface area contributed by atoms with Crippen LogP contribution in [0.4, 0.5) is 11.4 Å². The first-order valence-corrected chi connectivity index (χ1v) is 7.38. The molecule has 4 nitrogen and oxygen atoms in total. The Hall–Kier alpha value is -2.36. The topological polar surface area (TPSA) is 54.0 Å². The smallest absolute Gasteiger partial charge is 0.274 e. The van der Waals surface area contributed by atoms with Gasteiger partial charge in [0.15, 0.2) is 0 Å². The van der Waals surface area contributed by atoms with E-state index in [2.05, 4.69) is 36.4 Å². The molecular formula is C18H23N3O. The Kier molecular flexibility index (Phi) is 4.50. The van der Waals surface area contributed by atoms with E-state index in [0.29, 0.717) is 5.69 Å². The fourth-order valence-electron chi connectivity index (χ4n) is 2.11. The highest BCUT2D eigenvalue weighted by atomic mass is 16.1. The molecule has 2 aromatic rings. The molecule has 0 spiro atoms. The fourth-order valence-corrected chi connectivity index (χ4v) is 2.11. The molecule has 4 heteroatoms. The number of pyridine rings is 1. The van der Waals surface area contributed by atoms with Gasteiger partial charge in [0.05, 0.1) is 11.9 Å². The maximum absolute atomic E-state index is 12.3. The number of rotatable bonds is 3. The second-order valence-electron chi connectivity index (χ2n) is 6.51. The highest BCUT2D eigenvalue weighted by molar-refractivity contribution is 6.03. The van der Waals surface area contributed by atoms with E-state index in [0.717, 1.165) is 22.5 Å². The highest BCUT2D eigenvalue weighted by Crippen LogP contribution is 2.19. The molecule has 0 saturated heterocycles. The molecule has 0 aliphatic carbocycles. The van der Waals surface area contributed by atoms with Crippen LogP contribution in [0.2, 0.25) is 0 Å². The van der Waals surface area contributed by atoms with Gasteiger partial charge in [-0.2, -0.15) is 0 Å². The number of benzene rings is 1. The first-order valence-electron chi connectivity index (χ1n) is 7.38. The van der Waals surface area contributed by atoms with Gasteiger partial charge in [-0.05, 0) is 63.9 Å². The van der Waals surface area contributed by atoms with Crippen molar-refractivity contribution >= 4 is 17.3 Å². The van der Waals surface area contributed by atoms with Crippen molar-refractivity contribution < 1.29 is 4.79 Å². The SMILES string of the molecule is Cc1cccc(NC(=O)c2ccc(NC(C)(C)C)cn2)c1C. The number of aromatic nitrogens is 1. The number of hydrogen-bond acceptors (Lipinski definition) is 3. The maximum Gasteiger partial charge on any atom is 0.274 e. The summed E-state index contributed by atoms with van der Waals surface area (Å²) in [6.07, 6.45) is 1.68. The van der Waals surface area contributed by atoms with Gasteiger partial charge in [-0.15, -0.1) is 0 Å². The normalized spacial score (nSPS) is 11.1. The maximum atomic E-state index is 12.3. The molecule has 0 atom stereocenters. The molecule has 1 aromatic carbocycles. The zero-order valence-electron chi connectivity index (χ0n) is 13.8. The Bertz CT molecular complexity index is 670. The molecule has 0 fully saturated rings. The van der Waals surface area contributed by atoms with Crippen molar-refractivity contribution in [1.82, 2.24) is 4.98 Å². The van der Waals surface area contributed by atoms with Crippen LogP contribution in [0.3, 0.4) is 0 Å². The third-order valence-electron chi connectivity index (χ3n) is 3.37. The number of carbonyl (C=O) groups is 1. The summed E-state index contributed by atoms with van der Waals surface area (Å²) in [7, 11) is 0. The molecule has 0 aliphatic rings. The highest BCUT2D eigenvalue weighted by Gasteiger charge is 2.12. The standard InChI is InChI=1S/C18H23N3O/c1-12-7-6-8-15(13(12)2)20-17(22)16-10-9-14(11-19-16)21-18(3,4)5/h6-11,21H,1-5H3,(H,20,22). The number of carbonyl (C=O) groups excluding carboxylic acids is 1. The largest absolute Gasteiger partial charge is 0.379 e. The van der Waals surface area contributed by atoms with Gasteiger partial charge in [-0.3, -0.25) is 4.79 Å². The predicted octanol–water partition coefficient (Wildman–Crippen LogP) is 4.16. The van der Waals surface area contributed by atoms with Crippen LogP contribution in [0.25, 0.3) is 0 Å². The molecule has 2 rings (SSSR count). The molecule has 22 heavy (non-hydrogen) atoms. The van der Waals surface area contributed by atoms with Crippen LogP contribution in [0.5, 0.6) is 0 Å². The number of hydrogen-bond donors (Lipinski definition) is 2. The van der Waals surface area contributed by atoms with E-state index >= 15 is 0 Å². The zero-order valence-corrected chi connectivity index (χ0v) is 13.8. The van der Waals surface area contributed by atoms with Crippen LogP contribution < -0.4 is 10.6 Å². The van der Waals surface area contributed by atoms with Gasteiger partial charge in [-0.25, -0.2) is 4.98 Å². The molecule has 0 bridgehead atoms. The lowest BCUT2D eigenvalue weighted by Crippen LogP contribution is -2.26. The van der Waals surface area contributed by atoms with Crippen molar-refractivity contribution in [2.45, 2.75) is 40.2 Å². The summed E-state index contributed by atoms with van der Waals surface area (Å²) in [6, 6.07) is 9.46. The fraction of sp³-hybridized carbons (Fsp3) is 0.333. The molecule has 1 aromatic heterocycles. The molecule has 1 amide bonds. The van der Waals surface area contributed by atoms with Crippen molar-refractivity contribution in [3.63, 3.8) is 0 Å². The van der Waals surface area contributed by atoms with Gasteiger partial charge in [0.25, 0.3) is 5.91 Å². The van der Waals surface area contributed by atoms with E-state index in [-0.39, 0.29) is 11.4 Å². The molecule has 116 valence electrons. The van der Waals surface area contributed by atoms with Crippen molar-refractivity contribution in [2.24, 2.45) is 0 Å². The van der Waals surface area contributed by atoms with Crippen LogP contribution >= 0.6 is 0 Å². The lowest BCUT2D eigenvalue weighted by molar-refractivity contribution is 0.102. The van der Waals surface area contributed by atoms with Crippen molar-refractivity contribution in [1.29, 1.82) is 0 Å². The van der Waals surface area contributed by atoms with E-state index in [1.54, 1.807) is 12.3 Å². The van der Waals surface area contributed by atoms with Gasteiger partial charge in [0, 0.05) is 11.2 Å². The number of nitrogens with zero attached hydrogens (tertiary/aromatic N) is 1. The lowest BCUT2D eigenvalue weighted by Gasteiger charge is -2.21. The summed E-state index contributed by atoms with van der Waals surface area (Å²) in [4.78, 5) is 16.5. The van der Waals surface area contributed by atoms with Gasteiger partial charge in [-0.1, -0.05) is 12.1 Å². The predicted molar refractivity (Wildman–Crippen MR) is 91.5 cm³/mol. The third-order valence-corrected chi connectivity index (χ3v) is 3.37. The zero-order chi connectivity index (χ0) is 16.3. The van der Waals surface area contributed by atoms with Gasteiger partial charge < -0.3 is 10.6 Å². The van der Waals surface area contributed by atoms with Crippen LogP contribution in [0, 0.1) is 13.8 Å². The second kappa shape index (κ2) is 6.18. The molecule has 1 heterocycles.